The summed E-state index contributed by atoms with van der Waals surface area (Å²) >= 11 is 1.75. The van der Waals surface area contributed by atoms with Gasteiger partial charge in [-0.05, 0) is 27.2 Å². The van der Waals surface area contributed by atoms with Crippen molar-refractivity contribution in [1.82, 2.24) is 10.3 Å². The van der Waals surface area contributed by atoms with E-state index < -0.39 is 0 Å². The second kappa shape index (κ2) is 7.02. The lowest BCUT2D eigenvalue weighted by Gasteiger charge is -2.18. The number of aromatic nitrogens is 1. The maximum atomic E-state index is 4.52. The van der Waals surface area contributed by atoms with Gasteiger partial charge in [-0.2, -0.15) is 0 Å². The summed E-state index contributed by atoms with van der Waals surface area (Å²) in [6.45, 7) is 8.78. The molecule has 0 saturated carbocycles. The molecule has 1 heterocycles. The van der Waals surface area contributed by atoms with Gasteiger partial charge >= 0.3 is 0 Å². The molecule has 0 aliphatic rings. The van der Waals surface area contributed by atoms with Gasteiger partial charge in [0.25, 0.3) is 0 Å². The van der Waals surface area contributed by atoms with Crippen LogP contribution in [0.2, 0.25) is 0 Å². The molecule has 0 bridgehead atoms. The fourth-order valence-corrected chi connectivity index (χ4v) is 2.67. The predicted octanol–water partition coefficient (Wildman–Crippen LogP) is 4.07. The molecule has 0 radical (unpaired) electrons. The zero-order chi connectivity index (χ0) is 12.0. The Hall–Kier alpha value is -0.410. The molecule has 1 aromatic rings. The van der Waals surface area contributed by atoms with E-state index in [2.05, 4.69) is 43.4 Å². The fourth-order valence-electron chi connectivity index (χ4n) is 1.85. The molecule has 92 valence electrons. The van der Waals surface area contributed by atoms with Gasteiger partial charge in [0.15, 0.2) is 0 Å². The SMILES string of the molecule is CCCCCC(C)NC(C)c1nc(C)cs1. The Bertz CT molecular complexity index is 296. The van der Waals surface area contributed by atoms with E-state index in [1.807, 2.05) is 0 Å². The van der Waals surface area contributed by atoms with Crippen LogP contribution in [-0.4, -0.2) is 11.0 Å². The first-order chi connectivity index (χ1) is 7.63. The molecule has 0 aliphatic carbocycles. The molecule has 0 amide bonds. The van der Waals surface area contributed by atoms with Crippen molar-refractivity contribution in [3.63, 3.8) is 0 Å². The molecular weight excluding hydrogens is 216 g/mol. The number of nitrogens with one attached hydrogen (secondary N) is 1. The summed E-state index contributed by atoms with van der Waals surface area (Å²) < 4.78 is 0. The van der Waals surface area contributed by atoms with Crippen LogP contribution in [0.3, 0.4) is 0 Å². The molecule has 1 aromatic heterocycles. The lowest BCUT2D eigenvalue weighted by molar-refractivity contribution is 0.439. The minimum Gasteiger partial charge on any atom is -0.306 e. The van der Waals surface area contributed by atoms with Crippen molar-refractivity contribution in [2.75, 3.05) is 0 Å². The van der Waals surface area contributed by atoms with Crippen LogP contribution in [0.4, 0.5) is 0 Å². The molecule has 0 fully saturated rings. The fraction of sp³-hybridized carbons (Fsp3) is 0.769. The van der Waals surface area contributed by atoms with Gasteiger partial charge in [-0.1, -0.05) is 26.2 Å². The number of hydrogen-bond acceptors (Lipinski definition) is 3. The van der Waals surface area contributed by atoms with Crippen LogP contribution >= 0.6 is 11.3 Å². The minimum absolute atomic E-state index is 0.385. The van der Waals surface area contributed by atoms with Crippen molar-refractivity contribution in [2.45, 2.75) is 65.5 Å². The average molecular weight is 240 g/mol. The Morgan fingerprint density at radius 2 is 2.12 bits per heavy atom. The van der Waals surface area contributed by atoms with Crippen molar-refractivity contribution >= 4 is 11.3 Å². The van der Waals surface area contributed by atoms with E-state index in [1.165, 1.54) is 30.7 Å². The third-order valence-corrected chi connectivity index (χ3v) is 3.93. The largest absolute Gasteiger partial charge is 0.306 e. The van der Waals surface area contributed by atoms with Gasteiger partial charge in [-0.15, -0.1) is 11.3 Å². The average Bonchev–Trinajstić information content (AvgIpc) is 2.65. The van der Waals surface area contributed by atoms with E-state index in [9.17, 15) is 0 Å². The molecule has 0 spiro atoms. The Morgan fingerprint density at radius 3 is 2.69 bits per heavy atom. The summed E-state index contributed by atoms with van der Waals surface area (Å²) in [5, 5.41) is 6.94. The van der Waals surface area contributed by atoms with Crippen LogP contribution < -0.4 is 5.32 Å². The zero-order valence-electron chi connectivity index (χ0n) is 10.9. The number of nitrogens with zero attached hydrogens (tertiary/aromatic N) is 1. The van der Waals surface area contributed by atoms with Crippen LogP contribution in [0.5, 0.6) is 0 Å². The van der Waals surface area contributed by atoms with Crippen molar-refractivity contribution < 1.29 is 0 Å². The Balaban J connectivity index is 2.30. The third-order valence-electron chi connectivity index (χ3n) is 2.78. The van der Waals surface area contributed by atoms with Crippen LogP contribution in [-0.2, 0) is 0 Å². The maximum Gasteiger partial charge on any atom is 0.110 e. The predicted molar refractivity (Wildman–Crippen MR) is 72.0 cm³/mol. The summed E-state index contributed by atoms with van der Waals surface area (Å²) in [6.07, 6.45) is 5.24. The standard InChI is InChI=1S/C13H24N2S/c1-5-6-7-8-10(2)14-12(4)13-15-11(3)9-16-13/h9-10,12,14H,5-8H2,1-4H3. The summed E-state index contributed by atoms with van der Waals surface area (Å²) in [6, 6.07) is 0.973. The quantitative estimate of drug-likeness (QED) is 0.727. The number of rotatable bonds is 7. The van der Waals surface area contributed by atoms with E-state index in [4.69, 9.17) is 0 Å². The Kier molecular flexibility index (Phi) is 5.99. The highest BCUT2D eigenvalue weighted by Crippen LogP contribution is 2.18. The number of unbranched alkanes of at least 4 members (excludes halogenated alkanes) is 2. The third kappa shape index (κ3) is 4.62. The van der Waals surface area contributed by atoms with E-state index >= 15 is 0 Å². The van der Waals surface area contributed by atoms with Crippen LogP contribution in [0, 0.1) is 6.92 Å². The molecule has 2 unspecified atom stereocenters. The highest BCUT2D eigenvalue weighted by atomic mass is 32.1. The summed E-state index contributed by atoms with van der Waals surface area (Å²) in [5.41, 5.74) is 1.13. The first kappa shape index (κ1) is 13.7. The summed E-state index contributed by atoms with van der Waals surface area (Å²) in [7, 11) is 0. The van der Waals surface area contributed by atoms with Gasteiger partial charge in [-0.3, -0.25) is 0 Å². The highest BCUT2D eigenvalue weighted by Gasteiger charge is 2.11. The van der Waals surface area contributed by atoms with E-state index in [1.54, 1.807) is 11.3 Å². The van der Waals surface area contributed by atoms with Crippen LogP contribution in [0.25, 0.3) is 0 Å². The number of thiazole rings is 1. The molecule has 1 rings (SSSR count). The second-order valence-electron chi connectivity index (χ2n) is 4.61. The van der Waals surface area contributed by atoms with E-state index in [0.29, 0.717) is 12.1 Å². The van der Waals surface area contributed by atoms with Gasteiger partial charge < -0.3 is 5.32 Å². The summed E-state index contributed by atoms with van der Waals surface area (Å²) in [4.78, 5) is 4.52. The van der Waals surface area contributed by atoms with Gasteiger partial charge in [0, 0.05) is 17.1 Å². The minimum atomic E-state index is 0.385. The molecule has 1 N–H and O–H groups in total. The number of aryl methyl sites for hydroxylation is 1. The lowest BCUT2D eigenvalue weighted by atomic mass is 10.1. The highest BCUT2D eigenvalue weighted by molar-refractivity contribution is 7.09. The Morgan fingerprint density at radius 1 is 1.38 bits per heavy atom. The number of hydrogen-bond donors (Lipinski definition) is 1. The molecule has 3 heteroatoms. The summed E-state index contributed by atoms with van der Waals surface area (Å²) in [5.74, 6) is 0. The van der Waals surface area contributed by atoms with E-state index in [0.717, 1.165) is 5.69 Å². The first-order valence-electron chi connectivity index (χ1n) is 6.31. The van der Waals surface area contributed by atoms with Gasteiger partial charge in [0.2, 0.25) is 0 Å². The Labute approximate surface area is 103 Å². The zero-order valence-corrected chi connectivity index (χ0v) is 11.7. The monoisotopic (exact) mass is 240 g/mol. The van der Waals surface area contributed by atoms with Gasteiger partial charge in [0.1, 0.15) is 5.01 Å². The van der Waals surface area contributed by atoms with E-state index in [-0.39, 0.29) is 0 Å². The van der Waals surface area contributed by atoms with Crippen molar-refractivity contribution in [1.29, 1.82) is 0 Å². The van der Waals surface area contributed by atoms with Gasteiger partial charge in [-0.25, -0.2) is 4.98 Å². The normalized spacial score (nSPS) is 15.0. The smallest absolute Gasteiger partial charge is 0.110 e. The molecule has 0 saturated heterocycles. The van der Waals surface area contributed by atoms with Crippen LogP contribution in [0.15, 0.2) is 5.38 Å². The molecule has 2 nitrogen and oxygen atoms in total. The molecule has 0 aliphatic heterocycles. The van der Waals surface area contributed by atoms with Crippen LogP contribution in [0.1, 0.15) is 63.2 Å². The molecular formula is C13H24N2S. The molecule has 2 atom stereocenters. The van der Waals surface area contributed by atoms with Crippen molar-refractivity contribution in [3.05, 3.63) is 16.1 Å². The van der Waals surface area contributed by atoms with Crippen molar-refractivity contribution in [2.24, 2.45) is 0 Å². The molecule has 0 aromatic carbocycles. The van der Waals surface area contributed by atoms with Gasteiger partial charge in [0.05, 0.1) is 6.04 Å². The molecule has 16 heavy (non-hydrogen) atoms. The second-order valence-corrected chi connectivity index (χ2v) is 5.50. The topological polar surface area (TPSA) is 24.9 Å². The first-order valence-corrected chi connectivity index (χ1v) is 7.19. The lowest BCUT2D eigenvalue weighted by Crippen LogP contribution is -2.28. The maximum absolute atomic E-state index is 4.52. The van der Waals surface area contributed by atoms with Crippen molar-refractivity contribution in [3.8, 4) is 0 Å².